The van der Waals surface area contributed by atoms with Gasteiger partial charge < -0.3 is 4.57 Å². The molecule has 0 amide bonds. The molecular formula is C10H12ClN3S. The first kappa shape index (κ1) is 10.6. The van der Waals surface area contributed by atoms with E-state index in [4.69, 9.17) is 11.6 Å². The molecule has 2 aromatic heterocycles. The number of hydrogen-bond donors (Lipinski definition) is 0. The molecule has 0 aliphatic carbocycles. The fraction of sp³-hybridized carbons (Fsp3) is 0.400. The van der Waals surface area contributed by atoms with Crippen molar-refractivity contribution in [1.82, 2.24) is 14.5 Å². The van der Waals surface area contributed by atoms with Crippen LogP contribution in [0.2, 0.25) is 0 Å². The summed E-state index contributed by atoms with van der Waals surface area (Å²) >= 11 is 7.50. The second kappa shape index (κ2) is 4.33. The van der Waals surface area contributed by atoms with Crippen LogP contribution in [0.25, 0.3) is 0 Å². The molecule has 2 heterocycles. The number of alkyl halides is 1. The summed E-state index contributed by atoms with van der Waals surface area (Å²) in [6, 6.07) is 0. The minimum absolute atomic E-state index is 0.441. The van der Waals surface area contributed by atoms with Crippen molar-refractivity contribution in [1.29, 1.82) is 0 Å². The third kappa shape index (κ3) is 2.21. The van der Waals surface area contributed by atoms with Crippen molar-refractivity contribution in [3.8, 4) is 0 Å². The fourth-order valence-electron chi connectivity index (χ4n) is 1.37. The molecule has 0 N–H and O–H groups in total. The molecule has 0 spiro atoms. The maximum absolute atomic E-state index is 5.78. The summed E-state index contributed by atoms with van der Waals surface area (Å²) < 4.78 is 2.03. The van der Waals surface area contributed by atoms with E-state index in [0.29, 0.717) is 5.88 Å². The summed E-state index contributed by atoms with van der Waals surface area (Å²) in [5, 5.41) is 1.11. The summed E-state index contributed by atoms with van der Waals surface area (Å²) in [7, 11) is 0. The maximum Gasteiger partial charge on any atom is 0.123 e. The summed E-state index contributed by atoms with van der Waals surface area (Å²) in [5.74, 6) is 1.33. The third-order valence-corrected chi connectivity index (χ3v) is 3.60. The average molecular weight is 242 g/mol. The molecule has 0 fully saturated rings. The Hall–Kier alpha value is -0.870. The Morgan fingerprint density at radius 1 is 1.47 bits per heavy atom. The van der Waals surface area contributed by atoms with E-state index in [-0.39, 0.29) is 0 Å². The van der Waals surface area contributed by atoms with Crippen molar-refractivity contribution in [3.05, 3.63) is 33.8 Å². The highest BCUT2D eigenvalue weighted by atomic mass is 35.5. The van der Waals surface area contributed by atoms with Crippen LogP contribution in [-0.2, 0) is 12.4 Å². The fourth-order valence-corrected chi connectivity index (χ4v) is 2.52. The Balaban J connectivity index is 2.21. The highest BCUT2D eigenvalue weighted by Gasteiger charge is 2.06. The molecule has 15 heavy (non-hydrogen) atoms. The summed E-state index contributed by atoms with van der Waals surface area (Å²) in [6.07, 6.45) is 3.70. The van der Waals surface area contributed by atoms with E-state index in [1.165, 1.54) is 4.88 Å². The highest BCUT2D eigenvalue weighted by molar-refractivity contribution is 7.11. The molecular weight excluding hydrogens is 230 g/mol. The largest absolute Gasteiger partial charge is 0.327 e. The van der Waals surface area contributed by atoms with Crippen molar-refractivity contribution < 1.29 is 0 Å². The van der Waals surface area contributed by atoms with Crippen molar-refractivity contribution >= 4 is 22.9 Å². The molecule has 0 aliphatic rings. The first-order valence-electron chi connectivity index (χ1n) is 4.69. The van der Waals surface area contributed by atoms with Crippen molar-refractivity contribution in [2.24, 2.45) is 0 Å². The number of rotatable bonds is 3. The molecule has 5 heteroatoms. The van der Waals surface area contributed by atoms with Gasteiger partial charge in [-0.05, 0) is 13.8 Å². The van der Waals surface area contributed by atoms with E-state index in [9.17, 15) is 0 Å². The average Bonchev–Trinajstić information content (AvgIpc) is 2.75. The molecule has 0 unspecified atom stereocenters. The minimum Gasteiger partial charge on any atom is -0.327 e. The molecule has 0 aromatic carbocycles. The molecule has 0 saturated heterocycles. The SMILES string of the molecule is Cc1nc(Cn2ccnc2CCl)sc1C. The predicted octanol–water partition coefficient (Wildman–Crippen LogP) is 2.74. The summed E-state index contributed by atoms with van der Waals surface area (Å²) in [6.45, 7) is 4.89. The Labute approximate surface area is 97.8 Å². The number of aryl methyl sites for hydroxylation is 2. The van der Waals surface area contributed by atoms with E-state index in [2.05, 4.69) is 16.9 Å². The third-order valence-electron chi connectivity index (χ3n) is 2.30. The van der Waals surface area contributed by atoms with Gasteiger partial charge in [0.2, 0.25) is 0 Å². The van der Waals surface area contributed by atoms with Gasteiger partial charge in [0.15, 0.2) is 0 Å². The molecule has 0 radical (unpaired) electrons. The van der Waals surface area contributed by atoms with Gasteiger partial charge in [0, 0.05) is 17.3 Å². The van der Waals surface area contributed by atoms with Gasteiger partial charge in [0.05, 0.1) is 18.1 Å². The van der Waals surface area contributed by atoms with Crippen molar-refractivity contribution in [3.63, 3.8) is 0 Å². The Kier molecular flexibility index (Phi) is 3.07. The molecule has 0 atom stereocenters. The van der Waals surface area contributed by atoms with Gasteiger partial charge in [-0.1, -0.05) is 0 Å². The van der Waals surface area contributed by atoms with Gasteiger partial charge in [-0.3, -0.25) is 0 Å². The molecule has 3 nitrogen and oxygen atoms in total. The molecule has 2 aromatic rings. The zero-order chi connectivity index (χ0) is 10.8. The van der Waals surface area contributed by atoms with Crippen LogP contribution in [-0.4, -0.2) is 14.5 Å². The van der Waals surface area contributed by atoms with Crippen LogP contribution < -0.4 is 0 Å². The van der Waals surface area contributed by atoms with Crippen LogP contribution in [0.5, 0.6) is 0 Å². The monoisotopic (exact) mass is 241 g/mol. The van der Waals surface area contributed by atoms with E-state index in [1.807, 2.05) is 17.7 Å². The van der Waals surface area contributed by atoms with Crippen LogP contribution >= 0.6 is 22.9 Å². The van der Waals surface area contributed by atoms with E-state index in [0.717, 1.165) is 23.1 Å². The van der Waals surface area contributed by atoms with Crippen LogP contribution in [0.15, 0.2) is 12.4 Å². The summed E-state index contributed by atoms with van der Waals surface area (Å²) in [4.78, 5) is 9.93. The number of hydrogen-bond acceptors (Lipinski definition) is 3. The van der Waals surface area contributed by atoms with Gasteiger partial charge in [0.25, 0.3) is 0 Å². The zero-order valence-corrected chi connectivity index (χ0v) is 10.3. The molecule has 80 valence electrons. The lowest BCUT2D eigenvalue weighted by molar-refractivity contribution is 0.748. The predicted molar refractivity (Wildman–Crippen MR) is 62.5 cm³/mol. The molecule has 0 bridgehead atoms. The molecule has 0 aliphatic heterocycles. The van der Waals surface area contributed by atoms with Gasteiger partial charge >= 0.3 is 0 Å². The Morgan fingerprint density at radius 2 is 2.27 bits per heavy atom. The highest BCUT2D eigenvalue weighted by Crippen LogP contribution is 2.18. The quantitative estimate of drug-likeness (QED) is 0.774. The molecule has 2 rings (SSSR count). The van der Waals surface area contributed by atoms with Crippen molar-refractivity contribution in [2.45, 2.75) is 26.3 Å². The second-order valence-electron chi connectivity index (χ2n) is 3.35. The first-order chi connectivity index (χ1) is 7.20. The van der Waals surface area contributed by atoms with E-state index < -0.39 is 0 Å². The minimum atomic E-state index is 0.441. The van der Waals surface area contributed by atoms with Crippen LogP contribution in [0.1, 0.15) is 21.4 Å². The smallest absolute Gasteiger partial charge is 0.123 e. The van der Waals surface area contributed by atoms with Gasteiger partial charge in [-0.25, -0.2) is 9.97 Å². The second-order valence-corrected chi connectivity index (χ2v) is 4.91. The number of aromatic nitrogens is 3. The molecule has 0 saturated carbocycles. The topological polar surface area (TPSA) is 30.7 Å². The van der Waals surface area contributed by atoms with Crippen LogP contribution in [0.4, 0.5) is 0 Å². The Morgan fingerprint density at radius 3 is 2.87 bits per heavy atom. The summed E-state index contributed by atoms with van der Waals surface area (Å²) in [5.41, 5.74) is 1.11. The first-order valence-corrected chi connectivity index (χ1v) is 6.04. The number of halogens is 1. The maximum atomic E-state index is 5.78. The van der Waals surface area contributed by atoms with E-state index in [1.54, 1.807) is 17.5 Å². The standard InChI is InChI=1S/C10H12ClN3S/c1-7-8(2)15-10(13-7)6-14-4-3-12-9(14)5-11/h3-4H,5-6H2,1-2H3. The van der Waals surface area contributed by atoms with Gasteiger partial charge in [-0.15, -0.1) is 22.9 Å². The lowest BCUT2D eigenvalue weighted by Crippen LogP contribution is -2.02. The van der Waals surface area contributed by atoms with Crippen molar-refractivity contribution in [2.75, 3.05) is 0 Å². The normalized spacial score (nSPS) is 10.9. The van der Waals surface area contributed by atoms with Crippen LogP contribution in [0, 0.1) is 13.8 Å². The zero-order valence-electron chi connectivity index (χ0n) is 8.70. The lowest BCUT2D eigenvalue weighted by Gasteiger charge is -2.01. The number of thiazole rings is 1. The van der Waals surface area contributed by atoms with Gasteiger partial charge in [-0.2, -0.15) is 0 Å². The lowest BCUT2D eigenvalue weighted by atomic mass is 10.4. The van der Waals surface area contributed by atoms with Crippen LogP contribution in [0.3, 0.4) is 0 Å². The number of imidazole rings is 1. The van der Waals surface area contributed by atoms with E-state index >= 15 is 0 Å². The Bertz CT molecular complexity index is 441. The van der Waals surface area contributed by atoms with Gasteiger partial charge in [0.1, 0.15) is 10.8 Å². The number of nitrogens with zero attached hydrogens (tertiary/aromatic N) is 3.